The van der Waals surface area contributed by atoms with Crippen molar-refractivity contribution >= 4 is 5.97 Å². The molecule has 1 saturated heterocycles. The number of ether oxygens (including phenoxy) is 3. The van der Waals surface area contributed by atoms with E-state index in [0.717, 1.165) is 5.56 Å². The minimum Gasteiger partial charge on any atom is -0.462 e. The molecule has 0 unspecified atom stereocenters. The highest BCUT2D eigenvalue weighted by Crippen LogP contribution is 2.27. The molecule has 0 aromatic heterocycles. The summed E-state index contributed by atoms with van der Waals surface area (Å²) in [5.74, 6) is -0.122. The van der Waals surface area contributed by atoms with Crippen LogP contribution in [0.4, 0.5) is 0 Å². The predicted octanol–water partition coefficient (Wildman–Crippen LogP) is 0.151. The van der Waals surface area contributed by atoms with E-state index in [-0.39, 0.29) is 18.8 Å². The summed E-state index contributed by atoms with van der Waals surface area (Å²) in [5, 5.41) is 39.2. The van der Waals surface area contributed by atoms with E-state index in [1.165, 1.54) is 0 Å². The molecule has 3 rings (SSSR count). The SMILES string of the molecule is O=C(Cc1ccccc1)OCc1ccccc1O[C@@H]1O[C@H](CO)[C@@H](O)[C@H](O)[C@H]1O. The number of rotatable bonds is 7. The van der Waals surface area contributed by atoms with Gasteiger partial charge < -0.3 is 34.6 Å². The van der Waals surface area contributed by atoms with E-state index in [0.29, 0.717) is 5.56 Å². The lowest BCUT2D eigenvalue weighted by molar-refractivity contribution is -0.277. The highest BCUT2D eigenvalue weighted by atomic mass is 16.7. The Balaban J connectivity index is 1.63. The Kier molecular flexibility index (Phi) is 7.18. The molecular weight excluding hydrogens is 380 g/mol. The van der Waals surface area contributed by atoms with Crippen LogP contribution >= 0.6 is 0 Å². The third kappa shape index (κ3) is 5.31. The second-order valence-electron chi connectivity index (χ2n) is 6.75. The zero-order valence-electron chi connectivity index (χ0n) is 15.6. The first kappa shape index (κ1) is 21.2. The lowest BCUT2D eigenvalue weighted by Crippen LogP contribution is -2.60. The maximum Gasteiger partial charge on any atom is 0.310 e. The normalized spacial score (nSPS) is 26.7. The number of carbonyl (C=O) groups is 1. The maximum absolute atomic E-state index is 12.1. The van der Waals surface area contributed by atoms with E-state index in [1.54, 1.807) is 24.3 Å². The molecule has 5 atom stereocenters. The third-order valence-corrected chi connectivity index (χ3v) is 4.64. The molecule has 1 aliphatic rings. The summed E-state index contributed by atoms with van der Waals surface area (Å²) in [6.45, 7) is -0.608. The van der Waals surface area contributed by atoms with Gasteiger partial charge in [0.1, 0.15) is 36.8 Å². The summed E-state index contributed by atoms with van der Waals surface area (Å²) < 4.78 is 16.3. The van der Waals surface area contributed by atoms with Gasteiger partial charge in [-0.1, -0.05) is 48.5 Å². The van der Waals surface area contributed by atoms with Crippen molar-refractivity contribution < 1.29 is 39.4 Å². The lowest BCUT2D eigenvalue weighted by Gasteiger charge is -2.39. The van der Waals surface area contributed by atoms with Crippen molar-refractivity contribution in [3.63, 3.8) is 0 Å². The molecule has 156 valence electrons. The van der Waals surface area contributed by atoms with Crippen LogP contribution in [-0.2, 0) is 27.3 Å². The number of carbonyl (C=O) groups excluding carboxylic acids is 1. The zero-order chi connectivity index (χ0) is 20.8. The largest absolute Gasteiger partial charge is 0.462 e. The number of aliphatic hydroxyl groups is 4. The first-order valence-electron chi connectivity index (χ1n) is 9.24. The smallest absolute Gasteiger partial charge is 0.310 e. The summed E-state index contributed by atoms with van der Waals surface area (Å²) in [5.41, 5.74) is 1.37. The molecule has 8 heteroatoms. The van der Waals surface area contributed by atoms with Crippen LogP contribution in [0.1, 0.15) is 11.1 Å². The van der Waals surface area contributed by atoms with E-state index in [1.807, 2.05) is 30.3 Å². The summed E-state index contributed by atoms with van der Waals surface area (Å²) >= 11 is 0. The molecule has 8 nitrogen and oxygen atoms in total. The Labute approximate surface area is 167 Å². The quantitative estimate of drug-likeness (QED) is 0.481. The van der Waals surface area contributed by atoms with Gasteiger partial charge in [0.15, 0.2) is 0 Å². The summed E-state index contributed by atoms with van der Waals surface area (Å²) in [4.78, 5) is 12.1. The highest BCUT2D eigenvalue weighted by Gasteiger charge is 2.44. The van der Waals surface area contributed by atoms with Crippen LogP contribution in [0.3, 0.4) is 0 Å². The Morgan fingerprint density at radius 2 is 1.62 bits per heavy atom. The van der Waals surface area contributed by atoms with Gasteiger partial charge in [0.2, 0.25) is 6.29 Å². The Morgan fingerprint density at radius 3 is 2.34 bits per heavy atom. The van der Waals surface area contributed by atoms with E-state index in [9.17, 15) is 25.2 Å². The van der Waals surface area contributed by atoms with Gasteiger partial charge in [-0.15, -0.1) is 0 Å². The third-order valence-electron chi connectivity index (χ3n) is 4.64. The van der Waals surface area contributed by atoms with Gasteiger partial charge in [-0.2, -0.15) is 0 Å². The second kappa shape index (κ2) is 9.82. The van der Waals surface area contributed by atoms with Crippen molar-refractivity contribution in [2.75, 3.05) is 6.61 Å². The van der Waals surface area contributed by atoms with E-state index in [4.69, 9.17) is 14.2 Å². The summed E-state index contributed by atoms with van der Waals surface area (Å²) in [7, 11) is 0. The Bertz CT molecular complexity index is 794. The van der Waals surface area contributed by atoms with Crippen LogP contribution in [0.25, 0.3) is 0 Å². The van der Waals surface area contributed by atoms with Crippen LogP contribution in [0.15, 0.2) is 54.6 Å². The predicted molar refractivity (Wildman–Crippen MR) is 101 cm³/mol. The van der Waals surface area contributed by atoms with Gasteiger partial charge in [-0.25, -0.2) is 0 Å². The first-order valence-corrected chi connectivity index (χ1v) is 9.24. The van der Waals surface area contributed by atoms with Crippen LogP contribution in [0.5, 0.6) is 5.75 Å². The van der Waals surface area contributed by atoms with Crippen molar-refractivity contribution in [1.29, 1.82) is 0 Å². The molecule has 0 saturated carbocycles. The number of benzene rings is 2. The van der Waals surface area contributed by atoms with E-state index in [2.05, 4.69) is 0 Å². The van der Waals surface area contributed by atoms with Gasteiger partial charge in [0.05, 0.1) is 13.0 Å². The molecule has 0 amide bonds. The summed E-state index contributed by atoms with van der Waals surface area (Å²) in [6.07, 6.45) is -6.79. The minimum absolute atomic E-state index is 0.0563. The molecule has 29 heavy (non-hydrogen) atoms. The van der Waals surface area contributed by atoms with Gasteiger partial charge in [0, 0.05) is 5.56 Å². The molecule has 0 aliphatic carbocycles. The van der Waals surface area contributed by atoms with Crippen molar-refractivity contribution in [2.45, 2.75) is 43.7 Å². The van der Waals surface area contributed by atoms with E-state index < -0.39 is 43.3 Å². The average Bonchev–Trinajstić information content (AvgIpc) is 2.74. The Morgan fingerprint density at radius 1 is 0.931 bits per heavy atom. The van der Waals surface area contributed by atoms with Gasteiger partial charge in [-0.3, -0.25) is 4.79 Å². The molecule has 1 aliphatic heterocycles. The molecule has 2 aromatic carbocycles. The maximum atomic E-state index is 12.1. The average molecular weight is 404 g/mol. The number of hydrogen-bond donors (Lipinski definition) is 4. The zero-order valence-corrected chi connectivity index (χ0v) is 15.6. The topological polar surface area (TPSA) is 126 Å². The molecule has 0 spiro atoms. The van der Waals surface area contributed by atoms with Crippen molar-refractivity contribution in [2.24, 2.45) is 0 Å². The monoisotopic (exact) mass is 404 g/mol. The fourth-order valence-electron chi connectivity index (χ4n) is 3.00. The minimum atomic E-state index is -1.54. The number of hydrogen-bond acceptors (Lipinski definition) is 8. The van der Waals surface area contributed by atoms with E-state index >= 15 is 0 Å². The van der Waals surface area contributed by atoms with Crippen molar-refractivity contribution in [1.82, 2.24) is 0 Å². The first-order chi connectivity index (χ1) is 14.0. The van der Waals surface area contributed by atoms with Crippen molar-refractivity contribution in [3.05, 3.63) is 65.7 Å². The fourth-order valence-corrected chi connectivity index (χ4v) is 3.00. The lowest BCUT2D eigenvalue weighted by atomic mass is 9.99. The summed E-state index contributed by atoms with van der Waals surface area (Å²) in [6, 6.07) is 15.9. The van der Waals surface area contributed by atoms with Crippen LogP contribution in [0, 0.1) is 0 Å². The van der Waals surface area contributed by atoms with Gasteiger partial charge in [-0.05, 0) is 11.6 Å². The van der Waals surface area contributed by atoms with Crippen LogP contribution in [-0.4, -0.2) is 63.7 Å². The van der Waals surface area contributed by atoms with Gasteiger partial charge >= 0.3 is 5.97 Å². The molecule has 4 N–H and O–H groups in total. The standard InChI is InChI=1S/C21H24O8/c22-11-16-18(24)19(25)20(26)21(29-16)28-15-9-5-4-8-14(15)12-27-17(23)10-13-6-2-1-3-7-13/h1-9,16,18-22,24-26H,10-12H2/t16-,18-,19+,20-,21-/m1/s1. The molecule has 2 aromatic rings. The second-order valence-corrected chi connectivity index (χ2v) is 6.75. The van der Waals surface area contributed by atoms with Gasteiger partial charge in [0.25, 0.3) is 0 Å². The Hall–Kier alpha value is -2.49. The highest BCUT2D eigenvalue weighted by molar-refractivity contribution is 5.72. The number of aliphatic hydroxyl groups excluding tert-OH is 4. The van der Waals surface area contributed by atoms with Crippen molar-refractivity contribution in [3.8, 4) is 5.75 Å². The number of para-hydroxylation sites is 1. The molecule has 1 heterocycles. The molecule has 0 radical (unpaired) electrons. The molecule has 1 fully saturated rings. The molecule has 0 bridgehead atoms. The van der Waals surface area contributed by atoms with Crippen LogP contribution < -0.4 is 4.74 Å². The van der Waals surface area contributed by atoms with Crippen LogP contribution in [0.2, 0.25) is 0 Å². The molecular formula is C21H24O8. The fraction of sp³-hybridized carbons (Fsp3) is 0.381. The number of esters is 1.